The third kappa shape index (κ3) is 14.9. The van der Waals surface area contributed by atoms with Crippen molar-refractivity contribution in [3.05, 3.63) is 0 Å². The van der Waals surface area contributed by atoms with Gasteiger partial charge in [0.05, 0.1) is 0 Å². The Morgan fingerprint density at radius 3 is 1.50 bits per heavy atom. The number of unbranched alkanes of at least 4 members (excludes halogenated alkanes) is 6. The summed E-state index contributed by atoms with van der Waals surface area (Å²) in [5, 5.41) is 0. The first-order chi connectivity index (χ1) is 8.20. The monoisotopic (exact) mass is 340 g/mol. The van der Waals surface area contributed by atoms with Gasteiger partial charge < -0.3 is 0 Å². The minimum atomic E-state index is 0. The zero-order valence-corrected chi connectivity index (χ0v) is 15.6. The highest BCUT2D eigenvalue weighted by atomic mass is 79.9. The Morgan fingerprint density at radius 1 is 0.722 bits per heavy atom. The number of rotatable bonds is 12. The molecule has 0 aliphatic carbocycles. The van der Waals surface area contributed by atoms with E-state index in [1.165, 1.54) is 64.5 Å². The van der Waals surface area contributed by atoms with Gasteiger partial charge in [-0.15, -0.1) is 17.0 Å². The molecule has 18 heavy (non-hydrogen) atoms. The average Bonchev–Trinajstić information content (AvgIpc) is 2.29. The molecule has 0 N–H and O–H groups in total. The molecule has 0 heterocycles. The molecule has 0 aromatic rings. The first kappa shape index (κ1) is 21.1. The maximum atomic E-state index is 2.64. The molecule has 0 rings (SSSR count). The van der Waals surface area contributed by atoms with Gasteiger partial charge in [0.1, 0.15) is 0 Å². The van der Waals surface area contributed by atoms with Crippen molar-refractivity contribution in [2.45, 2.75) is 65.2 Å². The average molecular weight is 341 g/mol. The molecule has 0 radical (unpaired) electrons. The molecule has 0 aromatic carbocycles. The highest BCUT2D eigenvalue weighted by Gasteiger charge is 2.05. The third-order valence-corrected chi connectivity index (χ3v) is 4.03. The van der Waals surface area contributed by atoms with Crippen molar-refractivity contribution in [3.8, 4) is 0 Å². The van der Waals surface area contributed by atoms with E-state index in [1.54, 1.807) is 0 Å². The van der Waals surface area contributed by atoms with Crippen molar-refractivity contribution >= 4 is 25.9 Å². The Balaban J connectivity index is 0. The van der Waals surface area contributed by atoms with Gasteiger partial charge in [0.25, 0.3) is 0 Å². The van der Waals surface area contributed by atoms with Crippen LogP contribution < -0.4 is 0 Å². The normalized spacial score (nSPS) is 11.7. The van der Waals surface area contributed by atoms with Gasteiger partial charge in [-0.25, -0.2) is 0 Å². The highest BCUT2D eigenvalue weighted by Crippen LogP contribution is 2.22. The second-order valence-corrected chi connectivity index (χ2v) is 6.83. The van der Waals surface area contributed by atoms with Gasteiger partial charge in [0.2, 0.25) is 0 Å². The number of hydrogen-bond donors (Lipinski definition) is 0. The van der Waals surface area contributed by atoms with E-state index in [9.17, 15) is 0 Å². The van der Waals surface area contributed by atoms with E-state index in [4.69, 9.17) is 0 Å². The summed E-state index contributed by atoms with van der Waals surface area (Å²) in [6, 6.07) is 0. The molecule has 1 atom stereocenters. The first-order valence-corrected chi connectivity index (χ1v) is 8.28. The van der Waals surface area contributed by atoms with Gasteiger partial charge in [-0.3, -0.25) is 9.34 Å². The Labute approximate surface area is 128 Å². The van der Waals surface area contributed by atoms with Crippen LogP contribution >= 0.6 is 25.9 Å². The summed E-state index contributed by atoms with van der Waals surface area (Å²) in [6.45, 7) is 7.15. The van der Waals surface area contributed by atoms with Crippen LogP contribution in [0.25, 0.3) is 0 Å². The lowest BCUT2D eigenvalue weighted by atomic mass is 10.2. The molecule has 1 unspecified atom stereocenters. The van der Waals surface area contributed by atoms with Crippen molar-refractivity contribution in [3.63, 3.8) is 0 Å². The smallest absolute Gasteiger partial charge is 0.0234 e. The van der Waals surface area contributed by atoms with Gasteiger partial charge in [-0.1, -0.05) is 52.4 Å². The fraction of sp³-hybridized carbons (Fsp3) is 1.00. The van der Waals surface area contributed by atoms with Crippen LogP contribution in [-0.2, 0) is 0 Å². The predicted octanol–water partition coefficient (Wildman–Crippen LogP) is 5.10. The third-order valence-electron chi connectivity index (χ3n) is 2.90. The molecule has 0 aromatic heterocycles. The second kappa shape index (κ2) is 15.9. The molecule has 0 fully saturated rings. The lowest BCUT2D eigenvalue weighted by Crippen LogP contribution is -2.21. The van der Waals surface area contributed by atoms with Crippen LogP contribution in [0.3, 0.4) is 0 Å². The molecular formula is C14H34BrN2P. The molecule has 0 spiro atoms. The zero-order valence-electron chi connectivity index (χ0n) is 12.9. The first-order valence-electron chi connectivity index (χ1n) is 7.39. The van der Waals surface area contributed by atoms with Gasteiger partial charge in [0.15, 0.2) is 0 Å². The molecule has 0 amide bonds. The van der Waals surface area contributed by atoms with Crippen molar-refractivity contribution < 1.29 is 0 Å². The molecule has 0 saturated carbocycles. The van der Waals surface area contributed by atoms with E-state index < -0.39 is 0 Å². The van der Waals surface area contributed by atoms with E-state index in [-0.39, 0.29) is 17.0 Å². The standard InChI is InChI=1S/C14H33N2P.BrH/c1-5-7-9-11-13-16(17-15(3)4)14-12-10-8-6-2;/h17H,5-14H2,1-4H3;1H. The highest BCUT2D eigenvalue weighted by molar-refractivity contribution is 8.93. The van der Waals surface area contributed by atoms with E-state index in [2.05, 4.69) is 37.3 Å². The molecular weight excluding hydrogens is 307 g/mol. The summed E-state index contributed by atoms with van der Waals surface area (Å²) in [7, 11) is 5.24. The molecule has 0 aliphatic heterocycles. The summed E-state index contributed by atoms with van der Waals surface area (Å²) in [5.74, 6) is 0. The molecule has 2 nitrogen and oxygen atoms in total. The second-order valence-electron chi connectivity index (χ2n) is 5.10. The number of halogens is 1. The summed E-state index contributed by atoms with van der Waals surface area (Å²) < 4.78 is 4.96. The van der Waals surface area contributed by atoms with E-state index in [0.717, 1.165) is 8.88 Å². The van der Waals surface area contributed by atoms with Gasteiger partial charge >= 0.3 is 0 Å². The lowest BCUT2D eigenvalue weighted by Gasteiger charge is -2.25. The van der Waals surface area contributed by atoms with Crippen LogP contribution in [0, 0.1) is 0 Å². The van der Waals surface area contributed by atoms with E-state index in [0.29, 0.717) is 0 Å². The van der Waals surface area contributed by atoms with Crippen molar-refractivity contribution in [1.82, 2.24) is 9.34 Å². The largest absolute Gasteiger partial charge is 0.279 e. The van der Waals surface area contributed by atoms with E-state index in [1.807, 2.05) is 0 Å². The summed E-state index contributed by atoms with van der Waals surface area (Å²) in [6.07, 6.45) is 11.0. The number of nitrogens with zero attached hydrogens (tertiary/aromatic N) is 2. The molecule has 0 bridgehead atoms. The topological polar surface area (TPSA) is 6.48 Å². The minimum absolute atomic E-state index is 0. The molecule has 4 heteroatoms. The van der Waals surface area contributed by atoms with Crippen LogP contribution in [0.1, 0.15) is 65.2 Å². The van der Waals surface area contributed by atoms with Crippen LogP contribution in [0.4, 0.5) is 0 Å². The van der Waals surface area contributed by atoms with Crippen LogP contribution in [0.15, 0.2) is 0 Å². The molecule has 0 aliphatic rings. The van der Waals surface area contributed by atoms with Crippen molar-refractivity contribution in [2.75, 3.05) is 27.2 Å². The van der Waals surface area contributed by atoms with E-state index >= 15 is 0 Å². The minimum Gasteiger partial charge on any atom is -0.279 e. The Bertz CT molecular complexity index is 145. The van der Waals surface area contributed by atoms with Gasteiger partial charge in [0, 0.05) is 22.0 Å². The zero-order chi connectivity index (χ0) is 12.9. The van der Waals surface area contributed by atoms with Crippen molar-refractivity contribution in [2.24, 2.45) is 0 Å². The predicted molar refractivity (Wildman–Crippen MR) is 92.2 cm³/mol. The molecule has 0 saturated heterocycles. The number of hydrogen-bond acceptors (Lipinski definition) is 2. The van der Waals surface area contributed by atoms with Crippen LogP contribution in [-0.4, -0.2) is 36.5 Å². The summed E-state index contributed by atoms with van der Waals surface area (Å²) in [4.78, 5) is 0. The Morgan fingerprint density at radius 2 is 1.17 bits per heavy atom. The maximum absolute atomic E-state index is 2.64. The summed E-state index contributed by atoms with van der Waals surface area (Å²) in [5.41, 5.74) is 0. The van der Waals surface area contributed by atoms with Crippen molar-refractivity contribution in [1.29, 1.82) is 0 Å². The summed E-state index contributed by atoms with van der Waals surface area (Å²) >= 11 is 0. The van der Waals surface area contributed by atoms with Crippen LogP contribution in [0.5, 0.6) is 0 Å². The Hall–Kier alpha value is 0.830. The molecule has 112 valence electrons. The van der Waals surface area contributed by atoms with Gasteiger partial charge in [-0.2, -0.15) is 0 Å². The quantitative estimate of drug-likeness (QED) is 0.360. The van der Waals surface area contributed by atoms with Crippen LogP contribution in [0.2, 0.25) is 0 Å². The Kier molecular flexibility index (Phi) is 18.7. The SMILES string of the molecule is Br.CCCCCCN(CCCCCC)PN(C)C. The fourth-order valence-electron chi connectivity index (χ4n) is 1.95. The lowest BCUT2D eigenvalue weighted by molar-refractivity contribution is 0.406. The fourth-order valence-corrected chi connectivity index (χ4v) is 3.04. The van der Waals surface area contributed by atoms with Gasteiger partial charge in [-0.05, 0) is 26.9 Å². The maximum Gasteiger partial charge on any atom is 0.0234 e.